The molecule has 2 aromatic carbocycles. The van der Waals surface area contributed by atoms with Gasteiger partial charge in [0.05, 0.1) is 23.2 Å². The average Bonchev–Trinajstić information content (AvgIpc) is 2.92. The Morgan fingerprint density at radius 2 is 1.52 bits per heavy atom. The van der Waals surface area contributed by atoms with Gasteiger partial charge in [-0.15, -0.1) is 0 Å². The fraction of sp³-hybridized carbons (Fsp3) is 0.240. The second kappa shape index (κ2) is 11.7. The lowest BCUT2D eigenvalue weighted by atomic mass is 10.1. The van der Waals surface area contributed by atoms with Gasteiger partial charge in [0.15, 0.2) is 15.7 Å². The molecule has 0 aliphatic heterocycles. The summed E-state index contributed by atoms with van der Waals surface area (Å²) in [5, 5.41) is 9.13. The molecule has 0 bridgehead atoms. The van der Waals surface area contributed by atoms with E-state index in [0.29, 0.717) is 5.56 Å². The highest BCUT2D eigenvalue weighted by Gasteiger charge is 2.57. The molecule has 0 saturated heterocycles. The Kier molecular flexibility index (Phi) is 8.69. The molecule has 0 aliphatic carbocycles. The Balaban J connectivity index is 1.80. The van der Waals surface area contributed by atoms with Crippen LogP contribution >= 0.6 is 0 Å². The molecule has 0 atom stereocenters. The van der Waals surface area contributed by atoms with E-state index in [2.05, 4.69) is 20.3 Å². The molecule has 0 spiro atoms. The van der Waals surface area contributed by atoms with Gasteiger partial charge in [-0.2, -0.15) is 31.3 Å². The van der Waals surface area contributed by atoms with Gasteiger partial charge >= 0.3 is 12.4 Å². The van der Waals surface area contributed by atoms with Crippen LogP contribution in [0.2, 0.25) is 0 Å². The van der Waals surface area contributed by atoms with E-state index in [9.17, 15) is 43.2 Å². The summed E-state index contributed by atoms with van der Waals surface area (Å²) >= 11 is 0. The standard InChI is InChI=1S/C25H22F6N6O5S2/c1-42-18-10-5-14(11-19(18)43(2,38)39)16-8-9-17-20(34-16)21(36-22(24(26,27)28)25(29,30)31)37-23(35-17)33-12-13-3-6-15(7-4-13)44(32,40)41/h3-11,22H,12H2,1-2H3,(H2,32,40,41)(H2,33,35,36,37). The van der Waals surface area contributed by atoms with Crippen LogP contribution in [0.15, 0.2) is 64.4 Å². The van der Waals surface area contributed by atoms with Crippen LogP contribution in [0, 0.1) is 0 Å². The maximum absolute atomic E-state index is 13.5. The van der Waals surface area contributed by atoms with Gasteiger partial charge in [0.2, 0.25) is 22.0 Å². The van der Waals surface area contributed by atoms with Gasteiger partial charge in [-0.25, -0.2) is 31.9 Å². The van der Waals surface area contributed by atoms with Crippen molar-refractivity contribution in [1.29, 1.82) is 0 Å². The molecule has 2 heterocycles. The number of hydrogen-bond donors (Lipinski definition) is 3. The van der Waals surface area contributed by atoms with Gasteiger partial charge in [-0.05, 0) is 48.0 Å². The number of primary sulfonamides is 1. The normalized spacial score (nSPS) is 12.9. The average molecular weight is 665 g/mol. The van der Waals surface area contributed by atoms with E-state index in [0.717, 1.165) is 6.26 Å². The largest absolute Gasteiger partial charge is 0.495 e. The number of sulfonamides is 1. The van der Waals surface area contributed by atoms with Gasteiger partial charge < -0.3 is 15.4 Å². The number of ether oxygens (including phenoxy) is 1. The van der Waals surface area contributed by atoms with Crippen LogP contribution < -0.4 is 20.5 Å². The smallest absolute Gasteiger partial charge is 0.417 e. The first-order chi connectivity index (χ1) is 20.3. The zero-order valence-electron chi connectivity index (χ0n) is 22.5. The minimum atomic E-state index is -5.77. The van der Waals surface area contributed by atoms with E-state index >= 15 is 0 Å². The number of rotatable bonds is 9. The third-order valence-electron chi connectivity index (χ3n) is 6.04. The molecular formula is C25H22F6N6O5S2. The second-order valence-corrected chi connectivity index (χ2v) is 12.8. The molecule has 0 saturated carbocycles. The van der Waals surface area contributed by atoms with Crippen molar-refractivity contribution >= 4 is 42.7 Å². The molecule has 0 amide bonds. The lowest BCUT2D eigenvalue weighted by Gasteiger charge is -2.25. The topological polar surface area (TPSA) is 166 Å². The summed E-state index contributed by atoms with van der Waals surface area (Å²) < 4.78 is 133. The number of nitrogens with zero attached hydrogens (tertiary/aromatic N) is 3. The molecular weight excluding hydrogens is 642 g/mol. The number of pyridine rings is 1. The maximum Gasteiger partial charge on any atom is 0.417 e. The Bertz CT molecular complexity index is 1910. The minimum Gasteiger partial charge on any atom is -0.495 e. The van der Waals surface area contributed by atoms with Crippen molar-refractivity contribution in [3.05, 3.63) is 60.2 Å². The number of alkyl halides is 6. The third-order valence-corrected chi connectivity index (χ3v) is 8.09. The first-order valence-corrected chi connectivity index (χ1v) is 15.5. The quantitative estimate of drug-likeness (QED) is 0.220. The predicted molar refractivity (Wildman–Crippen MR) is 147 cm³/mol. The van der Waals surface area contributed by atoms with Crippen LogP contribution in [0.25, 0.3) is 22.3 Å². The number of nitrogens with one attached hydrogen (secondary N) is 2. The van der Waals surface area contributed by atoms with Crippen molar-refractivity contribution in [1.82, 2.24) is 15.0 Å². The fourth-order valence-corrected chi connectivity index (χ4v) is 5.32. The van der Waals surface area contributed by atoms with Crippen molar-refractivity contribution in [2.45, 2.75) is 34.7 Å². The molecule has 0 radical (unpaired) electrons. The molecule has 0 unspecified atom stereocenters. The van der Waals surface area contributed by atoms with Crippen molar-refractivity contribution in [3.63, 3.8) is 0 Å². The molecule has 4 rings (SSSR count). The number of methoxy groups -OCH3 is 1. The Labute approximate surface area is 246 Å². The Morgan fingerprint density at radius 1 is 0.886 bits per heavy atom. The fourth-order valence-electron chi connectivity index (χ4n) is 3.94. The van der Waals surface area contributed by atoms with Crippen molar-refractivity contribution in [2.75, 3.05) is 24.0 Å². The van der Waals surface area contributed by atoms with Gasteiger partial charge in [-0.1, -0.05) is 12.1 Å². The van der Waals surface area contributed by atoms with Crippen LogP contribution in [0.4, 0.5) is 38.1 Å². The monoisotopic (exact) mass is 664 g/mol. The van der Waals surface area contributed by atoms with Crippen LogP contribution in [0.1, 0.15) is 5.56 Å². The number of nitrogens with two attached hydrogens (primary N) is 1. The molecule has 0 fully saturated rings. The zero-order chi connectivity index (χ0) is 32.7. The zero-order valence-corrected chi connectivity index (χ0v) is 24.2. The van der Waals surface area contributed by atoms with E-state index in [4.69, 9.17) is 9.88 Å². The highest BCUT2D eigenvalue weighted by Crippen LogP contribution is 2.37. The SMILES string of the molecule is COc1ccc(-c2ccc3nc(NCc4ccc(S(N)(=O)=O)cc4)nc(NC(C(F)(F)F)C(F)(F)F)c3n2)cc1S(C)(=O)=O. The molecule has 19 heteroatoms. The predicted octanol–water partition coefficient (Wildman–Crippen LogP) is 4.27. The van der Waals surface area contributed by atoms with Crippen molar-refractivity contribution in [2.24, 2.45) is 5.14 Å². The number of hydrogen-bond acceptors (Lipinski definition) is 10. The molecule has 0 aliphatic rings. The Hall–Kier alpha value is -4.23. The first kappa shape index (κ1) is 32.7. The second-order valence-electron chi connectivity index (χ2n) is 9.30. The molecule has 44 heavy (non-hydrogen) atoms. The summed E-state index contributed by atoms with van der Waals surface area (Å²) in [4.78, 5) is 11.7. The van der Waals surface area contributed by atoms with Gasteiger partial charge in [0.1, 0.15) is 16.2 Å². The first-order valence-electron chi connectivity index (χ1n) is 12.1. The summed E-state index contributed by atoms with van der Waals surface area (Å²) in [6.07, 6.45) is -10.6. The summed E-state index contributed by atoms with van der Waals surface area (Å²) in [5.41, 5.74) is -0.0249. The van der Waals surface area contributed by atoms with E-state index < -0.39 is 49.6 Å². The van der Waals surface area contributed by atoms with Crippen molar-refractivity contribution in [3.8, 4) is 17.0 Å². The minimum absolute atomic E-state index is 0.0101. The summed E-state index contributed by atoms with van der Waals surface area (Å²) in [7, 11) is -6.53. The highest BCUT2D eigenvalue weighted by atomic mass is 32.2. The molecule has 2 aromatic heterocycles. The van der Waals surface area contributed by atoms with Crippen LogP contribution in [-0.4, -0.2) is 63.5 Å². The van der Waals surface area contributed by atoms with Gasteiger partial charge in [-0.3, -0.25) is 0 Å². The lowest BCUT2D eigenvalue weighted by molar-refractivity contribution is -0.242. The number of aromatic nitrogens is 3. The van der Waals surface area contributed by atoms with E-state index in [1.54, 1.807) is 0 Å². The van der Waals surface area contributed by atoms with Crippen molar-refractivity contribution < 1.29 is 47.9 Å². The van der Waals surface area contributed by atoms with Gasteiger partial charge in [0.25, 0.3) is 0 Å². The van der Waals surface area contributed by atoms with E-state index in [-0.39, 0.29) is 44.8 Å². The maximum atomic E-state index is 13.5. The number of halogens is 6. The molecule has 11 nitrogen and oxygen atoms in total. The summed E-state index contributed by atoms with van der Waals surface area (Å²) in [6.45, 7) is -0.108. The summed E-state index contributed by atoms with van der Waals surface area (Å²) in [5.74, 6) is -1.28. The van der Waals surface area contributed by atoms with Crippen LogP contribution in [0.3, 0.4) is 0 Å². The van der Waals surface area contributed by atoms with Crippen LogP contribution in [-0.2, 0) is 26.4 Å². The lowest BCUT2D eigenvalue weighted by Crippen LogP contribution is -2.48. The van der Waals surface area contributed by atoms with Gasteiger partial charge in [0, 0.05) is 18.4 Å². The number of fused-ring (bicyclic) bond motifs is 1. The van der Waals surface area contributed by atoms with E-state index in [1.807, 2.05) is 0 Å². The number of anilines is 2. The van der Waals surface area contributed by atoms with Crippen LogP contribution in [0.5, 0.6) is 5.75 Å². The third kappa shape index (κ3) is 7.45. The summed E-state index contributed by atoms with van der Waals surface area (Å²) in [6, 6.07) is 7.67. The number of benzene rings is 2. The highest BCUT2D eigenvalue weighted by molar-refractivity contribution is 7.90. The molecule has 4 aromatic rings. The molecule has 4 N–H and O–H groups in total. The number of sulfone groups is 1. The van der Waals surface area contributed by atoms with E-state index in [1.165, 1.54) is 67.0 Å². The molecule has 236 valence electrons. The Morgan fingerprint density at radius 3 is 2.07 bits per heavy atom.